The van der Waals surface area contributed by atoms with Gasteiger partial charge in [0.05, 0.1) is 18.8 Å². The van der Waals surface area contributed by atoms with Crippen molar-refractivity contribution >= 4 is 6.09 Å². The molecular formula is C14H16F3NO4. The van der Waals surface area contributed by atoms with Crippen LogP contribution in [0.4, 0.5) is 18.0 Å². The Kier molecular flexibility index (Phi) is 5.12. The summed E-state index contributed by atoms with van der Waals surface area (Å²) in [5.41, 5.74) is -0.683. The van der Waals surface area contributed by atoms with E-state index in [4.69, 9.17) is 14.6 Å². The molecule has 1 amide bonds. The molecule has 0 aliphatic carbocycles. The molecule has 1 aliphatic rings. The molecule has 0 radical (unpaired) electrons. The highest BCUT2D eigenvalue weighted by Crippen LogP contribution is 2.37. The van der Waals surface area contributed by atoms with Crippen LogP contribution in [-0.4, -0.2) is 30.5 Å². The molecule has 5 nitrogen and oxygen atoms in total. The van der Waals surface area contributed by atoms with Gasteiger partial charge in [-0.05, 0) is 17.7 Å². The Morgan fingerprint density at radius 1 is 1.36 bits per heavy atom. The largest absolute Gasteiger partial charge is 0.490 e. The molecule has 122 valence electrons. The summed E-state index contributed by atoms with van der Waals surface area (Å²) < 4.78 is 50.0. The Bertz CT molecular complexity index is 527. The molecule has 2 rings (SSSR count). The molecule has 0 saturated carbocycles. The van der Waals surface area contributed by atoms with Gasteiger partial charge in [-0.25, -0.2) is 4.79 Å². The zero-order valence-electron chi connectivity index (χ0n) is 11.7. The Morgan fingerprint density at radius 2 is 2.05 bits per heavy atom. The molecule has 22 heavy (non-hydrogen) atoms. The average Bonchev–Trinajstić information content (AvgIpc) is 2.46. The number of halogens is 3. The lowest BCUT2D eigenvalue weighted by Crippen LogP contribution is -2.27. The van der Waals surface area contributed by atoms with Crippen LogP contribution in [-0.2, 0) is 17.5 Å². The van der Waals surface area contributed by atoms with Gasteiger partial charge in [0.1, 0.15) is 11.9 Å². The number of benzene rings is 1. The van der Waals surface area contributed by atoms with Gasteiger partial charge in [-0.15, -0.1) is 0 Å². The molecular weight excluding hydrogens is 303 g/mol. The van der Waals surface area contributed by atoms with Crippen molar-refractivity contribution < 1.29 is 32.5 Å². The summed E-state index contributed by atoms with van der Waals surface area (Å²) >= 11 is 0. The van der Waals surface area contributed by atoms with Gasteiger partial charge >= 0.3 is 12.3 Å². The third-order valence-electron chi connectivity index (χ3n) is 3.26. The van der Waals surface area contributed by atoms with E-state index < -0.39 is 17.8 Å². The van der Waals surface area contributed by atoms with Crippen molar-refractivity contribution in [3.63, 3.8) is 0 Å². The molecule has 1 saturated heterocycles. The van der Waals surface area contributed by atoms with Gasteiger partial charge in [-0.2, -0.15) is 13.2 Å². The molecule has 0 atom stereocenters. The number of nitrogens with one attached hydrogen (secondary N) is 1. The first kappa shape index (κ1) is 16.4. The van der Waals surface area contributed by atoms with Gasteiger partial charge in [-0.3, -0.25) is 0 Å². The minimum atomic E-state index is -4.57. The molecule has 0 aromatic heterocycles. The smallest absolute Gasteiger partial charge is 0.419 e. The first-order chi connectivity index (χ1) is 10.4. The third-order valence-corrected chi connectivity index (χ3v) is 3.26. The second kappa shape index (κ2) is 6.87. The van der Waals surface area contributed by atoms with Crippen molar-refractivity contribution in [2.75, 3.05) is 13.2 Å². The molecule has 1 heterocycles. The predicted molar refractivity (Wildman–Crippen MR) is 70.8 cm³/mol. The van der Waals surface area contributed by atoms with Crippen molar-refractivity contribution in [1.82, 2.24) is 5.32 Å². The normalized spacial score (nSPS) is 16.3. The minimum Gasteiger partial charge on any atom is -0.490 e. The lowest BCUT2D eigenvalue weighted by molar-refractivity contribution is -0.139. The van der Waals surface area contributed by atoms with Crippen molar-refractivity contribution in [1.29, 1.82) is 0 Å². The SMILES string of the molecule is O=C(O)NCc1ccc(OC2CCOCC2)c(C(F)(F)F)c1. The number of alkyl halides is 3. The van der Waals surface area contributed by atoms with Crippen LogP contribution in [0.5, 0.6) is 5.75 Å². The number of carboxylic acid groups (broad SMARTS) is 1. The van der Waals surface area contributed by atoms with E-state index >= 15 is 0 Å². The number of amides is 1. The molecule has 0 bridgehead atoms. The molecule has 1 aliphatic heterocycles. The van der Waals surface area contributed by atoms with E-state index in [1.165, 1.54) is 12.1 Å². The number of hydrogen-bond acceptors (Lipinski definition) is 3. The van der Waals surface area contributed by atoms with E-state index in [1.54, 1.807) is 0 Å². The van der Waals surface area contributed by atoms with Crippen molar-refractivity contribution in [2.24, 2.45) is 0 Å². The Labute approximate surface area is 125 Å². The average molecular weight is 319 g/mol. The summed E-state index contributed by atoms with van der Waals surface area (Å²) in [5, 5.41) is 10.5. The van der Waals surface area contributed by atoms with Gasteiger partial charge in [0.25, 0.3) is 0 Å². The quantitative estimate of drug-likeness (QED) is 0.895. The molecule has 1 fully saturated rings. The molecule has 0 unspecified atom stereocenters. The van der Waals surface area contributed by atoms with Gasteiger partial charge in [-0.1, -0.05) is 6.07 Å². The monoisotopic (exact) mass is 319 g/mol. The minimum absolute atomic E-state index is 0.198. The van der Waals surface area contributed by atoms with Gasteiger partial charge < -0.3 is 19.9 Å². The Balaban J connectivity index is 2.18. The summed E-state index contributed by atoms with van der Waals surface area (Å²) in [6.45, 7) is 0.731. The van der Waals surface area contributed by atoms with Crippen LogP contribution in [0, 0.1) is 0 Å². The second-order valence-corrected chi connectivity index (χ2v) is 4.92. The molecule has 1 aromatic rings. The predicted octanol–water partition coefficient (Wildman–Crippen LogP) is 3.03. The highest BCUT2D eigenvalue weighted by Gasteiger charge is 2.35. The van der Waals surface area contributed by atoms with Gasteiger partial charge in [0.15, 0.2) is 0 Å². The lowest BCUT2D eigenvalue weighted by atomic mass is 10.1. The summed E-state index contributed by atoms with van der Waals surface area (Å²) in [7, 11) is 0. The summed E-state index contributed by atoms with van der Waals surface area (Å²) in [6.07, 6.45) is -5.09. The molecule has 1 aromatic carbocycles. The fourth-order valence-electron chi connectivity index (χ4n) is 2.16. The zero-order valence-corrected chi connectivity index (χ0v) is 11.7. The van der Waals surface area contributed by atoms with Crippen LogP contribution >= 0.6 is 0 Å². The topological polar surface area (TPSA) is 67.8 Å². The summed E-state index contributed by atoms with van der Waals surface area (Å²) in [6, 6.07) is 3.56. The van der Waals surface area contributed by atoms with E-state index in [1.807, 2.05) is 5.32 Å². The van der Waals surface area contributed by atoms with Crippen LogP contribution in [0.1, 0.15) is 24.0 Å². The number of rotatable bonds is 4. The maximum absolute atomic E-state index is 13.1. The van der Waals surface area contributed by atoms with E-state index in [9.17, 15) is 18.0 Å². The molecule has 2 N–H and O–H groups in total. The lowest BCUT2D eigenvalue weighted by Gasteiger charge is -2.25. The van der Waals surface area contributed by atoms with E-state index in [2.05, 4.69) is 0 Å². The zero-order chi connectivity index (χ0) is 16.2. The number of hydrogen-bond donors (Lipinski definition) is 2. The maximum atomic E-state index is 13.1. The van der Waals surface area contributed by atoms with Crippen LogP contribution in [0.2, 0.25) is 0 Å². The highest BCUT2D eigenvalue weighted by atomic mass is 19.4. The molecule has 8 heteroatoms. The van der Waals surface area contributed by atoms with Gasteiger partial charge in [0, 0.05) is 19.4 Å². The van der Waals surface area contributed by atoms with Crippen LogP contribution < -0.4 is 10.1 Å². The van der Waals surface area contributed by atoms with E-state index in [0.29, 0.717) is 26.1 Å². The highest BCUT2D eigenvalue weighted by molar-refractivity contribution is 5.64. The number of carbonyl (C=O) groups is 1. The van der Waals surface area contributed by atoms with E-state index in [0.717, 1.165) is 6.07 Å². The summed E-state index contributed by atoms with van der Waals surface area (Å²) in [4.78, 5) is 10.4. The second-order valence-electron chi connectivity index (χ2n) is 4.92. The third kappa shape index (κ3) is 4.52. The first-order valence-corrected chi connectivity index (χ1v) is 6.77. The van der Waals surface area contributed by atoms with Crippen LogP contribution in [0.25, 0.3) is 0 Å². The van der Waals surface area contributed by atoms with Crippen molar-refractivity contribution in [3.05, 3.63) is 29.3 Å². The Morgan fingerprint density at radius 3 is 2.64 bits per heavy atom. The number of ether oxygens (including phenoxy) is 2. The summed E-state index contributed by atoms with van der Waals surface area (Å²) in [5.74, 6) is -0.238. The van der Waals surface area contributed by atoms with Crippen LogP contribution in [0.15, 0.2) is 18.2 Å². The molecule has 0 spiro atoms. The fraction of sp³-hybridized carbons (Fsp3) is 0.500. The maximum Gasteiger partial charge on any atom is 0.419 e. The van der Waals surface area contributed by atoms with Crippen molar-refractivity contribution in [3.8, 4) is 5.75 Å². The standard InChI is InChI=1S/C14H16F3NO4/c15-14(16,17)11-7-9(8-18-13(19)20)1-2-12(11)22-10-3-5-21-6-4-10/h1-2,7,10,18H,3-6,8H2,(H,19,20). The first-order valence-electron chi connectivity index (χ1n) is 6.77. The van der Waals surface area contributed by atoms with E-state index in [-0.39, 0.29) is 24.0 Å². The van der Waals surface area contributed by atoms with Gasteiger partial charge in [0.2, 0.25) is 0 Å². The Hall–Kier alpha value is -1.96. The fourth-order valence-corrected chi connectivity index (χ4v) is 2.16. The van der Waals surface area contributed by atoms with Crippen molar-refractivity contribution in [2.45, 2.75) is 31.7 Å². The van der Waals surface area contributed by atoms with Crippen LogP contribution in [0.3, 0.4) is 0 Å².